The quantitative estimate of drug-likeness (QED) is 0.839. The lowest BCUT2D eigenvalue weighted by Gasteiger charge is -2.16. The number of benzene rings is 1. The fourth-order valence-corrected chi connectivity index (χ4v) is 3.42. The molecule has 1 unspecified atom stereocenters. The predicted octanol–water partition coefficient (Wildman–Crippen LogP) is 0.865. The number of aryl methyl sites for hydroxylation is 1. The Kier molecular flexibility index (Phi) is 3.35. The summed E-state index contributed by atoms with van der Waals surface area (Å²) in [5, 5.41) is 8.85. The van der Waals surface area contributed by atoms with Gasteiger partial charge in [-0.2, -0.15) is 13.1 Å². The van der Waals surface area contributed by atoms with Crippen molar-refractivity contribution in [1.29, 1.82) is 0 Å². The third kappa shape index (κ3) is 2.36. The normalized spacial score (nSPS) is 22.1. The van der Waals surface area contributed by atoms with E-state index in [0.717, 1.165) is 14.3 Å². The number of rotatable bonds is 2. The van der Waals surface area contributed by atoms with E-state index in [1.165, 1.54) is 0 Å². The van der Waals surface area contributed by atoms with E-state index in [1.807, 2.05) is 6.92 Å². The number of carboxylic acid groups (broad SMARTS) is 1. The van der Waals surface area contributed by atoms with Gasteiger partial charge in [-0.25, -0.2) is 0 Å². The number of carbonyl (C=O) groups is 1. The molecule has 0 aliphatic carbocycles. The lowest BCUT2D eigenvalue weighted by atomic mass is 10.2. The van der Waals surface area contributed by atoms with Gasteiger partial charge in [-0.3, -0.25) is 9.10 Å². The first-order chi connectivity index (χ1) is 8.31. The Balaban J connectivity index is 2.38. The zero-order chi connectivity index (χ0) is 13.5. The Labute approximate surface area is 113 Å². The van der Waals surface area contributed by atoms with Crippen molar-refractivity contribution in [2.24, 2.45) is 0 Å². The molecule has 0 spiro atoms. The lowest BCUT2D eigenvalue weighted by Crippen LogP contribution is -2.34. The first-order valence-electron chi connectivity index (χ1n) is 5.10. The second kappa shape index (κ2) is 4.52. The summed E-state index contributed by atoms with van der Waals surface area (Å²) >= 11 is 3.32. The number of halogens is 1. The maximum absolute atomic E-state index is 11.8. The molecule has 1 aliphatic rings. The van der Waals surface area contributed by atoms with Crippen molar-refractivity contribution < 1.29 is 18.3 Å². The van der Waals surface area contributed by atoms with E-state index in [4.69, 9.17) is 5.11 Å². The third-order valence-electron chi connectivity index (χ3n) is 2.67. The molecule has 1 aliphatic heterocycles. The Bertz CT molecular complexity index is 602. The van der Waals surface area contributed by atoms with Crippen LogP contribution in [0.5, 0.6) is 0 Å². The van der Waals surface area contributed by atoms with Gasteiger partial charge < -0.3 is 5.11 Å². The molecule has 0 saturated carbocycles. The Morgan fingerprint density at radius 3 is 2.72 bits per heavy atom. The van der Waals surface area contributed by atoms with Gasteiger partial charge in [0.15, 0.2) is 0 Å². The van der Waals surface area contributed by atoms with Crippen LogP contribution in [0.1, 0.15) is 5.56 Å². The van der Waals surface area contributed by atoms with Gasteiger partial charge in [0.1, 0.15) is 6.04 Å². The van der Waals surface area contributed by atoms with Crippen LogP contribution >= 0.6 is 15.9 Å². The van der Waals surface area contributed by atoms with Gasteiger partial charge in [-0.15, -0.1) is 0 Å². The van der Waals surface area contributed by atoms with Crippen LogP contribution in [0, 0.1) is 6.92 Å². The first kappa shape index (κ1) is 13.3. The number of hydrogen-bond donors (Lipinski definition) is 2. The van der Waals surface area contributed by atoms with Gasteiger partial charge in [0.25, 0.3) is 0 Å². The highest BCUT2D eigenvalue weighted by molar-refractivity contribution is 9.10. The number of aliphatic carboxylic acids is 1. The molecule has 1 aromatic carbocycles. The van der Waals surface area contributed by atoms with Gasteiger partial charge in [0.2, 0.25) is 0 Å². The minimum atomic E-state index is -3.78. The largest absolute Gasteiger partial charge is 0.480 e. The maximum Gasteiger partial charge on any atom is 0.323 e. The van der Waals surface area contributed by atoms with Crippen molar-refractivity contribution in [1.82, 2.24) is 4.72 Å². The minimum Gasteiger partial charge on any atom is -0.480 e. The van der Waals surface area contributed by atoms with Crippen molar-refractivity contribution in [3.05, 3.63) is 28.2 Å². The van der Waals surface area contributed by atoms with E-state index in [0.29, 0.717) is 5.69 Å². The molecule has 1 aromatic rings. The molecule has 6 nitrogen and oxygen atoms in total. The van der Waals surface area contributed by atoms with Crippen LogP contribution in [0.15, 0.2) is 22.7 Å². The Morgan fingerprint density at radius 1 is 1.56 bits per heavy atom. The standard InChI is InChI=1S/C10H11BrN2O4S/c1-6-2-3-7(4-8(6)11)13-5-9(10(14)15)12-18(13,16)17/h2-4,9,12H,5H2,1H3,(H,14,15). The predicted molar refractivity (Wildman–Crippen MR) is 69.7 cm³/mol. The average molecular weight is 335 g/mol. The number of carboxylic acids is 1. The summed E-state index contributed by atoms with van der Waals surface area (Å²) in [4.78, 5) is 10.8. The number of nitrogens with zero attached hydrogens (tertiary/aromatic N) is 1. The fourth-order valence-electron chi connectivity index (χ4n) is 1.65. The molecule has 98 valence electrons. The molecule has 2 N–H and O–H groups in total. The van der Waals surface area contributed by atoms with Crippen LogP contribution in [0.25, 0.3) is 0 Å². The summed E-state index contributed by atoms with van der Waals surface area (Å²) in [5.74, 6) is -1.19. The minimum absolute atomic E-state index is 0.118. The molecule has 0 aromatic heterocycles. The first-order valence-corrected chi connectivity index (χ1v) is 7.33. The summed E-state index contributed by atoms with van der Waals surface area (Å²) in [7, 11) is -3.78. The Morgan fingerprint density at radius 2 is 2.22 bits per heavy atom. The molecule has 2 rings (SSSR count). The second-order valence-corrected chi connectivity index (χ2v) is 6.46. The van der Waals surface area contributed by atoms with Gasteiger partial charge in [0, 0.05) is 4.47 Å². The van der Waals surface area contributed by atoms with E-state index in [9.17, 15) is 13.2 Å². The lowest BCUT2D eigenvalue weighted by molar-refractivity contribution is -0.138. The molecule has 8 heteroatoms. The monoisotopic (exact) mass is 334 g/mol. The summed E-state index contributed by atoms with van der Waals surface area (Å²) in [6.45, 7) is 1.76. The topological polar surface area (TPSA) is 86.7 Å². The van der Waals surface area contributed by atoms with Crippen LogP contribution in [0.4, 0.5) is 5.69 Å². The zero-order valence-corrected chi connectivity index (χ0v) is 11.8. The molecule has 1 saturated heterocycles. The van der Waals surface area contributed by atoms with Gasteiger partial charge >= 0.3 is 16.2 Å². The molecule has 1 heterocycles. The molecular formula is C10H11BrN2O4S. The van der Waals surface area contributed by atoms with E-state index >= 15 is 0 Å². The van der Waals surface area contributed by atoms with E-state index in [-0.39, 0.29) is 6.54 Å². The van der Waals surface area contributed by atoms with Crippen molar-refractivity contribution in [2.45, 2.75) is 13.0 Å². The molecule has 1 atom stereocenters. The van der Waals surface area contributed by atoms with Gasteiger partial charge in [-0.1, -0.05) is 22.0 Å². The molecule has 1 fully saturated rings. The van der Waals surface area contributed by atoms with Crippen LogP contribution < -0.4 is 9.03 Å². The zero-order valence-electron chi connectivity index (χ0n) is 9.42. The fraction of sp³-hybridized carbons (Fsp3) is 0.300. The van der Waals surface area contributed by atoms with Crippen molar-refractivity contribution >= 4 is 37.8 Å². The third-order valence-corrected chi connectivity index (χ3v) is 5.05. The van der Waals surface area contributed by atoms with E-state index in [2.05, 4.69) is 20.7 Å². The van der Waals surface area contributed by atoms with Crippen molar-refractivity contribution in [3.63, 3.8) is 0 Å². The highest BCUT2D eigenvalue weighted by Crippen LogP contribution is 2.27. The number of hydrogen-bond acceptors (Lipinski definition) is 3. The van der Waals surface area contributed by atoms with Crippen LogP contribution in [-0.2, 0) is 15.0 Å². The molecule has 18 heavy (non-hydrogen) atoms. The van der Waals surface area contributed by atoms with Gasteiger partial charge in [-0.05, 0) is 24.6 Å². The summed E-state index contributed by atoms with van der Waals surface area (Å²) < 4.78 is 27.5. The maximum atomic E-state index is 11.8. The van der Waals surface area contributed by atoms with E-state index in [1.54, 1.807) is 18.2 Å². The molecule has 0 bridgehead atoms. The molecule has 0 amide bonds. The SMILES string of the molecule is Cc1ccc(N2CC(C(=O)O)NS2(=O)=O)cc1Br. The second-order valence-electron chi connectivity index (χ2n) is 3.98. The Hall–Kier alpha value is -1.12. The molecule has 0 radical (unpaired) electrons. The summed E-state index contributed by atoms with van der Waals surface area (Å²) in [6, 6.07) is 3.95. The number of anilines is 1. The highest BCUT2D eigenvalue weighted by Gasteiger charge is 2.39. The summed E-state index contributed by atoms with van der Waals surface area (Å²) in [6.07, 6.45) is 0. The van der Waals surface area contributed by atoms with Crippen molar-refractivity contribution in [2.75, 3.05) is 10.8 Å². The average Bonchev–Trinajstić information content (AvgIpc) is 2.59. The van der Waals surface area contributed by atoms with Crippen LogP contribution in [0.3, 0.4) is 0 Å². The number of nitrogens with one attached hydrogen (secondary N) is 1. The van der Waals surface area contributed by atoms with Crippen LogP contribution in [0.2, 0.25) is 0 Å². The van der Waals surface area contributed by atoms with Crippen LogP contribution in [-0.4, -0.2) is 32.1 Å². The van der Waals surface area contributed by atoms with Gasteiger partial charge in [0.05, 0.1) is 12.2 Å². The highest BCUT2D eigenvalue weighted by atomic mass is 79.9. The van der Waals surface area contributed by atoms with E-state index < -0.39 is 22.2 Å². The van der Waals surface area contributed by atoms with Crippen molar-refractivity contribution in [3.8, 4) is 0 Å². The molecular weight excluding hydrogens is 324 g/mol. The smallest absolute Gasteiger partial charge is 0.323 e. The summed E-state index contributed by atoms with van der Waals surface area (Å²) in [5.41, 5.74) is 1.40.